The summed E-state index contributed by atoms with van der Waals surface area (Å²) in [6, 6.07) is 24.6. The number of furan rings is 1. The number of rotatable bonds is 9. The number of carboxylic acids is 1. The first kappa shape index (κ1) is 29.3. The number of aryl methyl sites for hydroxylation is 2. The van der Waals surface area contributed by atoms with Crippen LogP contribution < -0.4 is 4.18 Å². The Morgan fingerprint density at radius 1 is 0.860 bits per heavy atom. The van der Waals surface area contributed by atoms with Gasteiger partial charge in [-0.25, -0.2) is 4.79 Å². The number of carbonyl (C=O) groups is 2. The lowest BCUT2D eigenvalue weighted by molar-refractivity contribution is 0.0693. The van der Waals surface area contributed by atoms with Crippen LogP contribution in [-0.4, -0.2) is 30.4 Å². The summed E-state index contributed by atoms with van der Waals surface area (Å²) >= 11 is 0. The summed E-state index contributed by atoms with van der Waals surface area (Å²) in [6.45, 7) is 5.28. The number of aromatic hydroxyl groups is 1. The molecule has 8 nitrogen and oxygen atoms in total. The van der Waals surface area contributed by atoms with Crippen molar-refractivity contribution < 1.29 is 36.8 Å². The number of hydrogen-bond donors (Lipinski definition) is 2. The van der Waals surface area contributed by atoms with Crippen molar-refractivity contribution in [2.24, 2.45) is 0 Å². The highest BCUT2D eigenvalue weighted by Gasteiger charge is 2.27. The maximum Gasteiger partial charge on any atom is 0.339 e. The van der Waals surface area contributed by atoms with Crippen LogP contribution in [0.4, 0.5) is 0 Å². The SMILES string of the molecule is Cc1cc(C(=O)c2c(Cc3ccccc3)oc(C)c2C)cc(-c2ccccc2)c1OS(=O)(=O)c1ccc(C(=O)O)c(O)c1. The summed E-state index contributed by atoms with van der Waals surface area (Å²) in [6.07, 6.45) is 0.425. The maximum absolute atomic E-state index is 14.1. The fraction of sp³-hybridized carbons (Fsp3) is 0.118. The highest BCUT2D eigenvalue weighted by Crippen LogP contribution is 2.38. The van der Waals surface area contributed by atoms with Crippen molar-refractivity contribution in [3.63, 3.8) is 0 Å². The molecule has 4 aromatic carbocycles. The van der Waals surface area contributed by atoms with E-state index in [9.17, 15) is 28.2 Å². The largest absolute Gasteiger partial charge is 0.507 e. The highest BCUT2D eigenvalue weighted by molar-refractivity contribution is 7.87. The highest BCUT2D eigenvalue weighted by atomic mass is 32.2. The molecular weight excluding hydrogens is 568 g/mol. The van der Waals surface area contributed by atoms with E-state index >= 15 is 0 Å². The first-order valence-electron chi connectivity index (χ1n) is 13.3. The zero-order chi connectivity index (χ0) is 30.9. The molecule has 5 aromatic rings. The minimum Gasteiger partial charge on any atom is -0.507 e. The van der Waals surface area contributed by atoms with Crippen LogP contribution in [0.1, 0.15) is 54.5 Å². The molecule has 0 spiro atoms. The van der Waals surface area contributed by atoms with Crippen molar-refractivity contribution >= 4 is 21.9 Å². The lowest BCUT2D eigenvalue weighted by atomic mass is 9.92. The molecule has 9 heteroatoms. The molecule has 0 bridgehead atoms. The van der Waals surface area contributed by atoms with Gasteiger partial charge >= 0.3 is 16.1 Å². The predicted molar refractivity (Wildman–Crippen MR) is 160 cm³/mol. The number of phenols is 1. The fourth-order valence-corrected chi connectivity index (χ4v) is 5.93. The Morgan fingerprint density at radius 2 is 1.51 bits per heavy atom. The zero-order valence-corrected chi connectivity index (χ0v) is 24.4. The molecule has 0 radical (unpaired) electrons. The molecule has 0 amide bonds. The third-order valence-corrected chi connectivity index (χ3v) is 8.41. The molecule has 0 saturated carbocycles. The van der Waals surface area contributed by atoms with E-state index in [-0.39, 0.29) is 11.5 Å². The van der Waals surface area contributed by atoms with Crippen molar-refractivity contribution in [1.82, 2.24) is 0 Å². The average Bonchev–Trinajstić information content (AvgIpc) is 3.26. The number of hydrogen-bond acceptors (Lipinski definition) is 7. The minimum absolute atomic E-state index is 0.00541. The van der Waals surface area contributed by atoms with E-state index in [1.165, 1.54) is 0 Å². The van der Waals surface area contributed by atoms with Gasteiger partial charge in [-0.1, -0.05) is 60.7 Å². The normalized spacial score (nSPS) is 11.3. The van der Waals surface area contributed by atoms with Crippen LogP contribution in [0.15, 0.2) is 100 Å². The lowest BCUT2D eigenvalue weighted by Gasteiger charge is -2.17. The van der Waals surface area contributed by atoms with E-state index in [1.54, 1.807) is 43.3 Å². The van der Waals surface area contributed by atoms with Gasteiger partial charge in [0.25, 0.3) is 0 Å². The van der Waals surface area contributed by atoms with Crippen LogP contribution in [-0.2, 0) is 16.5 Å². The van der Waals surface area contributed by atoms with Crippen LogP contribution >= 0.6 is 0 Å². The number of ketones is 1. The van der Waals surface area contributed by atoms with E-state index < -0.39 is 32.3 Å². The van der Waals surface area contributed by atoms with Gasteiger partial charge in [0.05, 0.1) is 5.56 Å². The summed E-state index contributed by atoms with van der Waals surface area (Å²) in [5.74, 6) is -1.22. The fourth-order valence-electron chi connectivity index (χ4n) is 4.90. The Bertz CT molecular complexity index is 1960. The second kappa shape index (κ2) is 11.6. The van der Waals surface area contributed by atoms with Gasteiger partial charge in [-0.2, -0.15) is 8.42 Å². The van der Waals surface area contributed by atoms with Gasteiger partial charge in [-0.15, -0.1) is 0 Å². The van der Waals surface area contributed by atoms with E-state index in [0.29, 0.717) is 45.8 Å². The number of carboxylic acid groups (broad SMARTS) is 1. The van der Waals surface area contributed by atoms with Gasteiger partial charge in [0.1, 0.15) is 27.7 Å². The van der Waals surface area contributed by atoms with Crippen molar-refractivity contribution in [2.45, 2.75) is 32.1 Å². The van der Waals surface area contributed by atoms with Gasteiger partial charge in [-0.05, 0) is 61.7 Å². The summed E-state index contributed by atoms with van der Waals surface area (Å²) < 4.78 is 38.3. The van der Waals surface area contributed by atoms with Crippen molar-refractivity contribution in [2.75, 3.05) is 0 Å². The maximum atomic E-state index is 14.1. The van der Waals surface area contributed by atoms with Crippen molar-refractivity contribution in [3.05, 3.63) is 136 Å². The van der Waals surface area contributed by atoms with Crippen LogP contribution in [0, 0.1) is 20.8 Å². The Balaban J connectivity index is 1.60. The number of carbonyl (C=O) groups excluding carboxylic acids is 1. The van der Waals surface area contributed by atoms with Crippen LogP contribution in [0.25, 0.3) is 11.1 Å². The number of aromatic carboxylic acids is 1. The molecular formula is C34H28O8S. The standard InChI is InChI=1S/C34H28O8S/c1-20-16-25(32(36)31-21(2)22(3)41-30(31)17-23-10-6-4-7-11-23)18-28(24-12-8-5-9-13-24)33(20)42-43(39,40)26-14-15-27(34(37)38)29(35)19-26/h4-16,18-19,35H,17H2,1-3H3,(H,37,38). The molecule has 0 saturated heterocycles. The van der Waals surface area contributed by atoms with E-state index in [0.717, 1.165) is 29.3 Å². The Kier molecular flexibility index (Phi) is 7.93. The molecule has 0 aliphatic rings. The Hall–Kier alpha value is -5.15. The van der Waals surface area contributed by atoms with Crippen LogP contribution in [0.5, 0.6) is 11.5 Å². The summed E-state index contributed by atoms with van der Waals surface area (Å²) in [5.41, 5.74) is 3.39. The first-order chi connectivity index (χ1) is 20.5. The van der Waals surface area contributed by atoms with Gasteiger partial charge in [0.2, 0.25) is 0 Å². The van der Waals surface area contributed by atoms with E-state index in [4.69, 9.17) is 8.60 Å². The second-order valence-electron chi connectivity index (χ2n) is 10.1. The van der Waals surface area contributed by atoms with Crippen LogP contribution in [0.2, 0.25) is 0 Å². The molecule has 0 aliphatic heterocycles. The van der Waals surface area contributed by atoms with Gasteiger partial charge in [0.15, 0.2) is 11.5 Å². The third kappa shape index (κ3) is 5.93. The monoisotopic (exact) mass is 596 g/mol. The lowest BCUT2D eigenvalue weighted by Crippen LogP contribution is -2.13. The van der Waals surface area contributed by atoms with Crippen molar-refractivity contribution in [3.8, 4) is 22.6 Å². The van der Waals surface area contributed by atoms with E-state index in [2.05, 4.69) is 0 Å². The minimum atomic E-state index is -4.51. The molecule has 0 unspecified atom stereocenters. The van der Waals surface area contributed by atoms with Gasteiger partial charge in [0, 0.05) is 29.2 Å². The molecule has 1 heterocycles. The Labute approximate surface area is 249 Å². The van der Waals surface area contributed by atoms with Gasteiger partial charge in [-0.3, -0.25) is 4.79 Å². The Morgan fingerprint density at radius 3 is 2.14 bits per heavy atom. The average molecular weight is 597 g/mol. The molecule has 218 valence electrons. The molecule has 0 aliphatic carbocycles. The first-order valence-corrected chi connectivity index (χ1v) is 14.8. The second-order valence-corrected chi connectivity index (χ2v) is 11.7. The smallest absolute Gasteiger partial charge is 0.339 e. The molecule has 2 N–H and O–H groups in total. The summed E-state index contributed by atoms with van der Waals surface area (Å²) in [4.78, 5) is 24.9. The predicted octanol–water partition coefficient (Wildman–Crippen LogP) is 6.87. The molecule has 5 rings (SSSR count). The van der Waals surface area contributed by atoms with Crippen molar-refractivity contribution in [1.29, 1.82) is 0 Å². The summed E-state index contributed by atoms with van der Waals surface area (Å²) in [7, 11) is -4.51. The third-order valence-electron chi connectivity index (χ3n) is 7.20. The van der Waals surface area contributed by atoms with Gasteiger partial charge < -0.3 is 18.8 Å². The quantitative estimate of drug-likeness (QED) is 0.139. The van der Waals surface area contributed by atoms with E-state index in [1.807, 2.05) is 50.2 Å². The summed E-state index contributed by atoms with van der Waals surface area (Å²) in [5, 5.41) is 19.3. The van der Waals surface area contributed by atoms with Crippen LogP contribution in [0.3, 0.4) is 0 Å². The molecule has 0 fully saturated rings. The molecule has 0 atom stereocenters. The topological polar surface area (TPSA) is 131 Å². The molecule has 1 aromatic heterocycles. The molecule has 43 heavy (non-hydrogen) atoms. The number of benzene rings is 4. The zero-order valence-electron chi connectivity index (χ0n) is 23.6.